The lowest BCUT2D eigenvalue weighted by Gasteiger charge is -2.14. The van der Waals surface area contributed by atoms with E-state index in [1.165, 1.54) is 9.47 Å². The van der Waals surface area contributed by atoms with Crippen molar-refractivity contribution in [2.75, 3.05) is 19.4 Å². The first-order valence-corrected chi connectivity index (χ1v) is 12.9. The van der Waals surface area contributed by atoms with Gasteiger partial charge in [-0.3, -0.25) is 19.0 Å². The number of nitrogens with one attached hydrogen (secondary N) is 1. The van der Waals surface area contributed by atoms with E-state index >= 15 is 0 Å². The van der Waals surface area contributed by atoms with Gasteiger partial charge in [-0.1, -0.05) is 36.7 Å². The molecular weight excluding hydrogens is 512 g/mol. The quantitative estimate of drug-likeness (QED) is 0.394. The van der Waals surface area contributed by atoms with E-state index in [9.17, 15) is 19.2 Å². The first kappa shape index (κ1) is 26.4. The third kappa shape index (κ3) is 4.97. The number of rotatable bonds is 6. The molecule has 4 aromatic rings. The molecule has 0 aliphatic carbocycles. The van der Waals surface area contributed by atoms with Gasteiger partial charge in [0.05, 0.1) is 16.0 Å². The molecule has 2 heterocycles. The fourth-order valence-corrected chi connectivity index (χ4v) is 5.55. The second kappa shape index (κ2) is 10.4. The number of aryl methyl sites for hydroxylation is 3. The first-order chi connectivity index (χ1) is 17.5. The number of hydrogen-bond acceptors (Lipinski definition) is 5. The van der Waals surface area contributed by atoms with Crippen molar-refractivity contribution in [2.24, 2.45) is 0 Å². The number of fused-ring (bicyclic) bond motifs is 1. The standard InChI is InChI=1S/C27H27ClN4O4S/c1-6-17-8-11-19(12-9-17)32-24(34)22-16(3)23(25(35)30(4)5)37-26(22)31(27(32)36)14-21(33)29-20-13-18(28)10-7-15(20)2/h7-13H,6,14H2,1-5H3,(H,29,33). The van der Waals surface area contributed by atoms with Crippen molar-refractivity contribution in [3.05, 3.63) is 89.9 Å². The van der Waals surface area contributed by atoms with Gasteiger partial charge in [0.2, 0.25) is 5.91 Å². The normalized spacial score (nSPS) is 11.1. The minimum atomic E-state index is -0.662. The van der Waals surface area contributed by atoms with E-state index in [2.05, 4.69) is 5.32 Å². The van der Waals surface area contributed by atoms with E-state index in [1.54, 1.807) is 51.4 Å². The highest BCUT2D eigenvalue weighted by atomic mass is 35.5. The molecule has 0 fully saturated rings. The number of carbonyl (C=O) groups excluding carboxylic acids is 2. The van der Waals surface area contributed by atoms with Crippen molar-refractivity contribution < 1.29 is 9.59 Å². The van der Waals surface area contributed by atoms with Crippen LogP contribution in [0, 0.1) is 13.8 Å². The minimum Gasteiger partial charge on any atom is -0.344 e. The number of benzene rings is 2. The molecule has 0 radical (unpaired) electrons. The van der Waals surface area contributed by atoms with Crippen molar-refractivity contribution in [1.29, 1.82) is 0 Å². The van der Waals surface area contributed by atoms with Crippen LogP contribution < -0.4 is 16.6 Å². The van der Waals surface area contributed by atoms with Crippen LogP contribution in [0.3, 0.4) is 0 Å². The van der Waals surface area contributed by atoms with Gasteiger partial charge in [0.1, 0.15) is 11.4 Å². The van der Waals surface area contributed by atoms with Crippen molar-refractivity contribution in [1.82, 2.24) is 14.0 Å². The maximum atomic E-state index is 13.7. The first-order valence-electron chi connectivity index (χ1n) is 11.7. The molecule has 0 spiro atoms. The lowest BCUT2D eigenvalue weighted by molar-refractivity contribution is -0.116. The smallest absolute Gasteiger partial charge is 0.337 e. The van der Waals surface area contributed by atoms with Crippen LogP contribution in [-0.2, 0) is 17.8 Å². The highest BCUT2D eigenvalue weighted by Crippen LogP contribution is 2.29. The van der Waals surface area contributed by atoms with Crippen LogP contribution in [0.15, 0.2) is 52.1 Å². The highest BCUT2D eigenvalue weighted by molar-refractivity contribution is 7.20. The summed E-state index contributed by atoms with van der Waals surface area (Å²) in [6.07, 6.45) is 0.807. The average Bonchev–Trinajstić information content (AvgIpc) is 3.21. The van der Waals surface area contributed by atoms with Gasteiger partial charge in [-0.05, 0) is 61.2 Å². The second-order valence-corrected chi connectivity index (χ2v) is 10.4. The molecule has 0 saturated heterocycles. The lowest BCUT2D eigenvalue weighted by Crippen LogP contribution is -2.40. The Bertz CT molecular complexity index is 1650. The van der Waals surface area contributed by atoms with Crippen molar-refractivity contribution in [3.63, 3.8) is 0 Å². The summed E-state index contributed by atoms with van der Waals surface area (Å²) in [6, 6.07) is 12.3. The Labute approximate surface area is 222 Å². The van der Waals surface area contributed by atoms with E-state index in [-0.39, 0.29) is 22.7 Å². The predicted octanol–water partition coefficient (Wildman–Crippen LogP) is 4.39. The highest BCUT2D eigenvalue weighted by Gasteiger charge is 2.25. The molecule has 0 aliphatic rings. The Kier molecular flexibility index (Phi) is 7.38. The zero-order valence-corrected chi connectivity index (χ0v) is 22.8. The third-order valence-corrected chi connectivity index (χ3v) is 7.73. The number of thiophene rings is 1. The van der Waals surface area contributed by atoms with Gasteiger partial charge in [0.15, 0.2) is 0 Å². The molecule has 10 heteroatoms. The second-order valence-electron chi connectivity index (χ2n) is 8.97. The monoisotopic (exact) mass is 538 g/mol. The van der Waals surface area contributed by atoms with Gasteiger partial charge >= 0.3 is 5.69 Å². The maximum absolute atomic E-state index is 13.7. The lowest BCUT2D eigenvalue weighted by atomic mass is 10.1. The zero-order chi connectivity index (χ0) is 27.0. The summed E-state index contributed by atoms with van der Waals surface area (Å²) in [5.74, 6) is -0.748. The molecule has 0 unspecified atom stereocenters. The summed E-state index contributed by atoms with van der Waals surface area (Å²) in [7, 11) is 3.24. The minimum absolute atomic E-state index is 0.237. The number of aromatic nitrogens is 2. The molecule has 0 aliphatic heterocycles. The number of hydrogen-bond donors (Lipinski definition) is 1. The molecule has 2 aromatic carbocycles. The molecule has 0 atom stereocenters. The molecule has 0 saturated carbocycles. The van der Waals surface area contributed by atoms with Gasteiger partial charge in [0.25, 0.3) is 11.5 Å². The van der Waals surface area contributed by atoms with Crippen LogP contribution in [0.1, 0.15) is 33.3 Å². The SMILES string of the molecule is CCc1ccc(-n2c(=O)c3c(C)c(C(=O)N(C)C)sc3n(CC(=O)Nc3cc(Cl)ccc3C)c2=O)cc1. The van der Waals surface area contributed by atoms with Gasteiger partial charge in [-0.25, -0.2) is 9.36 Å². The molecule has 1 N–H and O–H groups in total. The average molecular weight is 539 g/mol. The fourth-order valence-electron chi connectivity index (χ4n) is 4.06. The summed E-state index contributed by atoms with van der Waals surface area (Å²) in [6.45, 7) is 5.17. The van der Waals surface area contributed by atoms with Crippen LogP contribution in [-0.4, -0.2) is 39.9 Å². The number of amides is 2. The number of carbonyl (C=O) groups is 2. The Balaban J connectivity index is 1.92. The molecule has 8 nitrogen and oxygen atoms in total. The van der Waals surface area contributed by atoms with E-state index in [0.717, 1.165) is 33.5 Å². The van der Waals surface area contributed by atoms with Gasteiger partial charge in [-0.2, -0.15) is 0 Å². The largest absolute Gasteiger partial charge is 0.344 e. The van der Waals surface area contributed by atoms with Crippen LogP contribution in [0.2, 0.25) is 5.02 Å². The molecule has 4 rings (SSSR count). The van der Waals surface area contributed by atoms with Gasteiger partial charge in [0, 0.05) is 24.8 Å². The summed E-state index contributed by atoms with van der Waals surface area (Å²) < 4.78 is 2.31. The van der Waals surface area contributed by atoms with Crippen LogP contribution in [0.5, 0.6) is 0 Å². The van der Waals surface area contributed by atoms with Crippen LogP contribution in [0.25, 0.3) is 15.9 Å². The number of halogens is 1. The summed E-state index contributed by atoms with van der Waals surface area (Å²) >= 11 is 7.12. The molecule has 37 heavy (non-hydrogen) atoms. The van der Waals surface area contributed by atoms with E-state index in [0.29, 0.717) is 26.8 Å². The molecule has 0 bridgehead atoms. The predicted molar refractivity (Wildman–Crippen MR) is 149 cm³/mol. The molecule has 2 amide bonds. The molecule has 192 valence electrons. The van der Waals surface area contributed by atoms with Gasteiger partial charge in [-0.15, -0.1) is 11.3 Å². The summed E-state index contributed by atoms with van der Waals surface area (Å²) in [4.78, 5) is 55.4. The third-order valence-electron chi connectivity index (χ3n) is 6.19. The Morgan fingerprint density at radius 1 is 1.05 bits per heavy atom. The van der Waals surface area contributed by atoms with Crippen LogP contribution in [0.4, 0.5) is 5.69 Å². The molecule has 2 aromatic heterocycles. The Morgan fingerprint density at radius 3 is 2.35 bits per heavy atom. The Morgan fingerprint density at radius 2 is 1.73 bits per heavy atom. The topological polar surface area (TPSA) is 93.4 Å². The van der Waals surface area contributed by atoms with Crippen LogP contribution >= 0.6 is 22.9 Å². The van der Waals surface area contributed by atoms with Crippen molar-refractivity contribution in [2.45, 2.75) is 33.7 Å². The van der Waals surface area contributed by atoms with E-state index < -0.39 is 17.2 Å². The van der Waals surface area contributed by atoms with E-state index in [4.69, 9.17) is 11.6 Å². The van der Waals surface area contributed by atoms with Gasteiger partial charge < -0.3 is 10.2 Å². The fraction of sp³-hybridized carbons (Fsp3) is 0.259. The number of nitrogens with zero attached hydrogens (tertiary/aromatic N) is 3. The summed E-state index contributed by atoms with van der Waals surface area (Å²) in [5.41, 5.74) is 2.06. The Hall–Kier alpha value is -3.69. The van der Waals surface area contributed by atoms with Crippen molar-refractivity contribution >= 4 is 50.7 Å². The molecular formula is C27H27ClN4O4S. The van der Waals surface area contributed by atoms with E-state index in [1.807, 2.05) is 26.0 Å². The number of anilines is 1. The van der Waals surface area contributed by atoms with Crippen molar-refractivity contribution in [3.8, 4) is 5.69 Å². The summed E-state index contributed by atoms with van der Waals surface area (Å²) in [5, 5.41) is 3.50. The maximum Gasteiger partial charge on any atom is 0.337 e. The zero-order valence-electron chi connectivity index (χ0n) is 21.2.